The average molecular weight is 312 g/mol. The molecule has 0 unspecified atom stereocenters. The number of rotatable bonds is 5. The summed E-state index contributed by atoms with van der Waals surface area (Å²) in [6, 6.07) is 11.6. The van der Waals surface area contributed by atoms with Crippen LogP contribution in [-0.2, 0) is 4.79 Å². The fourth-order valence-electron chi connectivity index (χ4n) is 2.43. The number of fused-ring (bicyclic) bond motifs is 1. The molecule has 120 valence electrons. The molecular weight excluding hydrogens is 292 g/mol. The van der Waals surface area contributed by atoms with Gasteiger partial charge in [-0.2, -0.15) is 0 Å². The molecule has 2 aromatic rings. The first-order valence-corrected chi connectivity index (χ1v) is 7.62. The lowest BCUT2D eigenvalue weighted by atomic mass is 10.1. The van der Waals surface area contributed by atoms with E-state index in [0.29, 0.717) is 30.2 Å². The zero-order valence-electron chi connectivity index (χ0n) is 13.3. The number of anilines is 2. The van der Waals surface area contributed by atoms with Crippen LogP contribution in [-0.4, -0.2) is 19.2 Å². The zero-order chi connectivity index (χ0) is 16.2. The number of ether oxygens (including phenoxy) is 2. The minimum absolute atomic E-state index is 0.0401. The van der Waals surface area contributed by atoms with E-state index in [1.807, 2.05) is 6.07 Å². The van der Waals surface area contributed by atoms with Crippen molar-refractivity contribution in [2.24, 2.45) is 0 Å². The Morgan fingerprint density at radius 2 is 1.91 bits per heavy atom. The van der Waals surface area contributed by atoms with Crippen molar-refractivity contribution in [2.45, 2.75) is 20.3 Å². The van der Waals surface area contributed by atoms with E-state index in [0.717, 1.165) is 5.69 Å². The van der Waals surface area contributed by atoms with Crippen LogP contribution < -0.4 is 20.1 Å². The molecule has 0 radical (unpaired) electrons. The lowest BCUT2D eigenvalue weighted by Crippen LogP contribution is -2.16. The van der Waals surface area contributed by atoms with Gasteiger partial charge in [-0.05, 0) is 43.2 Å². The predicted molar refractivity (Wildman–Crippen MR) is 90.2 cm³/mol. The van der Waals surface area contributed by atoms with Gasteiger partial charge in [-0.15, -0.1) is 0 Å². The minimum atomic E-state index is -0.0401. The van der Waals surface area contributed by atoms with Crippen LogP contribution in [0.15, 0.2) is 36.4 Å². The molecule has 1 aliphatic heterocycles. The van der Waals surface area contributed by atoms with Gasteiger partial charge < -0.3 is 20.1 Å². The van der Waals surface area contributed by atoms with E-state index in [4.69, 9.17) is 9.47 Å². The van der Waals surface area contributed by atoms with Crippen LogP contribution >= 0.6 is 0 Å². The highest BCUT2D eigenvalue weighted by Gasteiger charge is 2.14. The molecule has 0 saturated heterocycles. The molecule has 1 aliphatic rings. The third kappa shape index (κ3) is 3.74. The average Bonchev–Trinajstić information content (AvgIpc) is 2.98. The Morgan fingerprint density at radius 3 is 2.78 bits per heavy atom. The summed E-state index contributed by atoms with van der Waals surface area (Å²) in [5, 5.41) is 6.18. The van der Waals surface area contributed by atoms with Crippen LogP contribution in [0.25, 0.3) is 0 Å². The first kappa shape index (κ1) is 15.2. The number of hydrogen-bond donors (Lipinski definition) is 2. The quantitative estimate of drug-likeness (QED) is 0.887. The van der Waals surface area contributed by atoms with Gasteiger partial charge in [0.25, 0.3) is 0 Å². The summed E-state index contributed by atoms with van der Waals surface area (Å²) in [6.45, 7) is 4.92. The largest absolute Gasteiger partial charge is 0.454 e. The van der Waals surface area contributed by atoms with Crippen LogP contribution in [0.2, 0.25) is 0 Å². The third-order valence-electron chi connectivity index (χ3n) is 3.72. The van der Waals surface area contributed by atoms with Crippen LogP contribution in [0.4, 0.5) is 11.4 Å². The molecule has 1 heterocycles. The summed E-state index contributed by atoms with van der Waals surface area (Å²) < 4.78 is 10.5. The minimum Gasteiger partial charge on any atom is -0.454 e. The van der Waals surface area contributed by atoms with Crippen LogP contribution in [0.5, 0.6) is 11.5 Å². The molecule has 0 aliphatic carbocycles. The molecule has 5 nitrogen and oxygen atoms in total. The molecule has 3 rings (SSSR count). The van der Waals surface area contributed by atoms with Gasteiger partial charge in [0.05, 0.1) is 0 Å². The van der Waals surface area contributed by atoms with Gasteiger partial charge in [-0.1, -0.05) is 12.1 Å². The van der Waals surface area contributed by atoms with E-state index in [1.54, 1.807) is 12.1 Å². The smallest absolute Gasteiger partial charge is 0.231 e. The monoisotopic (exact) mass is 312 g/mol. The maximum absolute atomic E-state index is 12.0. The second kappa shape index (κ2) is 6.60. The highest BCUT2D eigenvalue weighted by molar-refractivity contribution is 5.91. The fourth-order valence-corrected chi connectivity index (χ4v) is 2.43. The summed E-state index contributed by atoms with van der Waals surface area (Å²) in [4.78, 5) is 12.0. The molecule has 23 heavy (non-hydrogen) atoms. The van der Waals surface area contributed by atoms with E-state index < -0.39 is 0 Å². The Balaban J connectivity index is 1.51. The Labute approximate surface area is 135 Å². The number of hydrogen-bond acceptors (Lipinski definition) is 4. The molecule has 2 N–H and O–H groups in total. The Bertz CT molecular complexity index is 728. The molecule has 0 fully saturated rings. The molecule has 0 aromatic heterocycles. The van der Waals surface area contributed by atoms with Gasteiger partial charge in [-0.25, -0.2) is 0 Å². The third-order valence-corrected chi connectivity index (χ3v) is 3.72. The summed E-state index contributed by atoms with van der Waals surface area (Å²) in [6.07, 6.45) is 0.391. The predicted octanol–water partition coefficient (Wildman–Crippen LogP) is 3.47. The van der Waals surface area contributed by atoms with Gasteiger partial charge in [0.1, 0.15) is 0 Å². The van der Waals surface area contributed by atoms with E-state index in [-0.39, 0.29) is 12.7 Å². The highest BCUT2D eigenvalue weighted by atomic mass is 16.7. The second-order valence-electron chi connectivity index (χ2n) is 5.61. The topological polar surface area (TPSA) is 59.6 Å². The van der Waals surface area contributed by atoms with Crippen molar-refractivity contribution < 1.29 is 14.3 Å². The number of amides is 1. The molecule has 0 spiro atoms. The normalized spacial score (nSPS) is 12.1. The lowest BCUT2D eigenvalue weighted by molar-refractivity contribution is -0.115. The van der Waals surface area contributed by atoms with Gasteiger partial charge in [0, 0.05) is 30.4 Å². The van der Waals surface area contributed by atoms with E-state index >= 15 is 0 Å². The SMILES string of the molecule is Cc1ccc(C)c(NCCC(=O)Nc2ccc3c(c2)OCO3)c1. The van der Waals surface area contributed by atoms with Crippen molar-refractivity contribution in [2.75, 3.05) is 24.0 Å². The van der Waals surface area contributed by atoms with Crippen LogP contribution in [0.3, 0.4) is 0 Å². The summed E-state index contributed by atoms with van der Waals surface area (Å²) in [5.74, 6) is 1.33. The van der Waals surface area contributed by atoms with Crippen LogP contribution in [0.1, 0.15) is 17.5 Å². The van der Waals surface area contributed by atoms with Crippen molar-refractivity contribution in [1.29, 1.82) is 0 Å². The maximum Gasteiger partial charge on any atom is 0.231 e. The first-order valence-electron chi connectivity index (χ1n) is 7.62. The van der Waals surface area contributed by atoms with E-state index in [1.165, 1.54) is 11.1 Å². The number of carbonyl (C=O) groups is 1. The van der Waals surface area contributed by atoms with Crippen molar-refractivity contribution in [1.82, 2.24) is 0 Å². The number of nitrogens with one attached hydrogen (secondary N) is 2. The molecular formula is C18H20N2O3. The Hall–Kier alpha value is -2.69. The number of carbonyl (C=O) groups excluding carboxylic acids is 1. The van der Waals surface area contributed by atoms with Crippen LogP contribution in [0, 0.1) is 13.8 Å². The first-order chi connectivity index (χ1) is 11.1. The molecule has 0 saturated carbocycles. The van der Waals surface area contributed by atoms with Crippen molar-refractivity contribution in [3.05, 3.63) is 47.5 Å². The molecule has 2 aromatic carbocycles. The number of benzene rings is 2. The fraction of sp³-hybridized carbons (Fsp3) is 0.278. The van der Waals surface area contributed by atoms with Crippen molar-refractivity contribution in [3.63, 3.8) is 0 Å². The molecule has 0 bridgehead atoms. The van der Waals surface area contributed by atoms with Crippen molar-refractivity contribution in [3.8, 4) is 11.5 Å². The van der Waals surface area contributed by atoms with Gasteiger partial charge >= 0.3 is 0 Å². The molecule has 0 atom stereocenters. The standard InChI is InChI=1S/C18H20N2O3/c1-12-3-4-13(2)15(9-12)19-8-7-18(21)20-14-5-6-16-17(10-14)23-11-22-16/h3-6,9-10,19H,7-8,11H2,1-2H3,(H,20,21). The van der Waals surface area contributed by atoms with Gasteiger partial charge in [0.15, 0.2) is 11.5 Å². The number of aryl methyl sites for hydroxylation is 2. The maximum atomic E-state index is 12.0. The summed E-state index contributed by atoms with van der Waals surface area (Å²) >= 11 is 0. The second-order valence-corrected chi connectivity index (χ2v) is 5.61. The summed E-state index contributed by atoms with van der Waals surface area (Å²) in [7, 11) is 0. The van der Waals surface area contributed by atoms with Crippen molar-refractivity contribution >= 4 is 17.3 Å². The van der Waals surface area contributed by atoms with E-state index in [9.17, 15) is 4.79 Å². The highest BCUT2D eigenvalue weighted by Crippen LogP contribution is 2.34. The summed E-state index contributed by atoms with van der Waals surface area (Å²) in [5.41, 5.74) is 4.15. The van der Waals surface area contributed by atoms with E-state index in [2.05, 4.69) is 42.7 Å². The Kier molecular flexibility index (Phi) is 4.37. The lowest BCUT2D eigenvalue weighted by Gasteiger charge is -2.11. The zero-order valence-corrected chi connectivity index (χ0v) is 13.3. The van der Waals surface area contributed by atoms with Gasteiger partial charge in [-0.3, -0.25) is 4.79 Å². The molecule has 1 amide bonds. The Morgan fingerprint density at radius 1 is 1.09 bits per heavy atom. The van der Waals surface area contributed by atoms with Gasteiger partial charge in [0.2, 0.25) is 12.7 Å². The molecule has 5 heteroatoms.